The number of aliphatic hydroxyl groups is 1. The van der Waals surface area contributed by atoms with E-state index in [-0.39, 0.29) is 5.78 Å². The van der Waals surface area contributed by atoms with Gasteiger partial charge in [-0.3, -0.25) is 4.79 Å². The second kappa shape index (κ2) is 5.63. The average Bonchev–Trinajstić information content (AvgIpc) is 2.56. The summed E-state index contributed by atoms with van der Waals surface area (Å²) in [6.07, 6.45) is 5.86. The second-order valence-electron chi connectivity index (χ2n) is 4.78. The Morgan fingerprint density at radius 3 is 2.53 bits per heavy atom. The fraction of sp³-hybridized carbons (Fsp3) is 0.615. The third-order valence-corrected chi connectivity index (χ3v) is 5.10. The summed E-state index contributed by atoms with van der Waals surface area (Å²) < 4.78 is 1.01. The monoisotopic (exact) mass is 316 g/mol. The van der Waals surface area contributed by atoms with Gasteiger partial charge >= 0.3 is 0 Å². The molecule has 0 saturated heterocycles. The van der Waals surface area contributed by atoms with Crippen LogP contribution in [0.15, 0.2) is 15.9 Å². The van der Waals surface area contributed by atoms with Crippen LogP contribution in [0.5, 0.6) is 0 Å². The lowest BCUT2D eigenvalue weighted by Crippen LogP contribution is -2.39. The van der Waals surface area contributed by atoms with E-state index in [1.54, 1.807) is 11.3 Å². The topological polar surface area (TPSA) is 37.3 Å². The number of hydrogen-bond donors (Lipinski definition) is 1. The van der Waals surface area contributed by atoms with Crippen LogP contribution in [0.25, 0.3) is 0 Å². The Morgan fingerprint density at radius 1 is 1.35 bits per heavy atom. The van der Waals surface area contributed by atoms with Crippen LogP contribution in [0.4, 0.5) is 0 Å². The summed E-state index contributed by atoms with van der Waals surface area (Å²) in [5, 5.41) is 12.4. The van der Waals surface area contributed by atoms with E-state index in [4.69, 9.17) is 0 Å². The molecule has 0 bridgehead atoms. The molecule has 1 aliphatic carbocycles. The Bertz CT molecular complexity index is 392. The standard InChI is InChI=1S/C13H17BrO2S/c14-10-7-11(17-9-10)8-12(15)13(16)5-3-1-2-4-6-13/h7,9,16H,1-6,8H2. The molecule has 1 saturated carbocycles. The van der Waals surface area contributed by atoms with Crippen LogP contribution >= 0.6 is 27.3 Å². The van der Waals surface area contributed by atoms with Crippen molar-refractivity contribution in [2.45, 2.75) is 50.5 Å². The van der Waals surface area contributed by atoms with E-state index in [9.17, 15) is 9.90 Å². The summed E-state index contributed by atoms with van der Waals surface area (Å²) in [7, 11) is 0. The molecule has 0 spiro atoms. The van der Waals surface area contributed by atoms with Gasteiger partial charge in [-0.25, -0.2) is 0 Å². The largest absolute Gasteiger partial charge is 0.382 e. The lowest BCUT2D eigenvalue weighted by molar-refractivity contribution is -0.137. The normalized spacial score (nSPS) is 19.9. The maximum Gasteiger partial charge on any atom is 0.169 e. The fourth-order valence-electron chi connectivity index (χ4n) is 2.36. The van der Waals surface area contributed by atoms with Gasteiger partial charge in [-0.2, -0.15) is 0 Å². The number of thiophene rings is 1. The first-order chi connectivity index (χ1) is 8.10. The quantitative estimate of drug-likeness (QED) is 0.863. The lowest BCUT2D eigenvalue weighted by atomic mass is 9.88. The molecule has 1 N–H and O–H groups in total. The summed E-state index contributed by atoms with van der Waals surface area (Å²) in [4.78, 5) is 13.2. The molecular weight excluding hydrogens is 300 g/mol. The van der Waals surface area contributed by atoms with Crippen LogP contribution in [0.2, 0.25) is 0 Å². The minimum Gasteiger partial charge on any atom is -0.382 e. The molecule has 17 heavy (non-hydrogen) atoms. The summed E-state index contributed by atoms with van der Waals surface area (Å²) in [5.74, 6) is -0.00579. The minimum atomic E-state index is -1.06. The number of Topliss-reactive ketones (excluding diaryl/α,β-unsaturated/α-hetero) is 1. The van der Waals surface area contributed by atoms with Crippen LogP contribution in [0.1, 0.15) is 43.4 Å². The highest BCUT2D eigenvalue weighted by molar-refractivity contribution is 9.10. The molecule has 1 aliphatic rings. The van der Waals surface area contributed by atoms with Crippen molar-refractivity contribution in [3.05, 3.63) is 20.8 Å². The van der Waals surface area contributed by atoms with Crippen LogP contribution in [-0.2, 0) is 11.2 Å². The first kappa shape index (κ1) is 13.2. The number of carbonyl (C=O) groups excluding carboxylic acids is 1. The highest BCUT2D eigenvalue weighted by Gasteiger charge is 2.35. The van der Waals surface area contributed by atoms with Crippen molar-refractivity contribution in [1.82, 2.24) is 0 Å². The summed E-state index contributed by atoms with van der Waals surface area (Å²) in [6.45, 7) is 0. The molecule has 2 nitrogen and oxygen atoms in total. The van der Waals surface area contributed by atoms with E-state index >= 15 is 0 Å². The highest BCUT2D eigenvalue weighted by Crippen LogP contribution is 2.30. The molecule has 1 fully saturated rings. The highest BCUT2D eigenvalue weighted by atomic mass is 79.9. The number of hydrogen-bond acceptors (Lipinski definition) is 3. The van der Waals surface area contributed by atoms with Crippen molar-refractivity contribution in [1.29, 1.82) is 0 Å². The molecular formula is C13H17BrO2S. The zero-order valence-electron chi connectivity index (χ0n) is 9.75. The number of ketones is 1. The predicted octanol–water partition coefficient (Wildman–Crippen LogP) is 3.71. The summed E-state index contributed by atoms with van der Waals surface area (Å²) in [6, 6.07) is 1.96. The van der Waals surface area contributed by atoms with Gasteiger partial charge in [-0.05, 0) is 34.8 Å². The first-order valence-corrected chi connectivity index (χ1v) is 7.76. The summed E-state index contributed by atoms with van der Waals surface area (Å²) in [5.41, 5.74) is -1.06. The molecule has 0 aliphatic heterocycles. The van der Waals surface area contributed by atoms with Crippen molar-refractivity contribution in [2.75, 3.05) is 0 Å². The Hall–Kier alpha value is -0.190. The average molecular weight is 317 g/mol. The van der Waals surface area contributed by atoms with Gasteiger partial charge in [-0.15, -0.1) is 11.3 Å². The molecule has 94 valence electrons. The third kappa shape index (κ3) is 3.39. The molecule has 1 aromatic heterocycles. The van der Waals surface area contributed by atoms with E-state index in [1.165, 1.54) is 0 Å². The minimum absolute atomic E-state index is 0.00579. The number of carbonyl (C=O) groups is 1. The Kier molecular flexibility index (Phi) is 4.39. The third-order valence-electron chi connectivity index (χ3n) is 3.41. The molecule has 0 radical (unpaired) electrons. The number of rotatable bonds is 3. The van der Waals surface area contributed by atoms with Crippen LogP contribution in [0.3, 0.4) is 0 Å². The van der Waals surface area contributed by atoms with Gasteiger partial charge in [0.25, 0.3) is 0 Å². The molecule has 1 heterocycles. The van der Waals surface area contributed by atoms with Gasteiger partial charge in [0.05, 0.1) is 0 Å². The Balaban J connectivity index is 2.02. The van der Waals surface area contributed by atoms with Crippen LogP contribution in [-0.4, -0.2) is 16.5 Å². The SMILES string of the molecule is O=C(Cc1cc(Br)cs1)C1(O)CCCCCC1. The van der Waals surface area contributed by atoms with E-state index in [0.717, 1.165) is 35.0 Å². The molecule has 1 aromatic rings. The van der Waals surface area contributed by atoms with E-state index in [2.05, 4.69) is 15.9 Å². The van der Waals surface area contributed by atoms with E-state index in [0.29, 0.717) is 19.3 Å². The predicted molar refractivity (Wildman–Crippen MR) is 73.4 cm³/mol. The maximum absolute atomic E-state index is 12.2. The van der Waals surface area contributed by atoms with E-state index in [1.807, 2.05) is 11.4 Å². The maximum atomic E-state index is 12.2. The molecule has 0 unspecified atom stereocenters. The second-order valence-corrected chi connectivity index (χ2v) is 6.69. The molecule has 0 atom stereocenters. The van der Waals surface area contributed by atoms with Gasteiger partial charge in [-0.1, -0.05) is 25.7 Å². The van der Waals surface area contributed by atoms with Gasteiger partial charge in [0.2, 0.25) is 0 Å². The zero-order chi connectivity index (χ0) is 12.3. The van der Waals surface area contributed by atoms with Gasteiger partial charge in [0, 0.05) is 21.2 Å². The van der Waals surface area contributed by atoms with Crippen LogP contribution in [0, 0.1) is 0 Å². The molecule has 0 amide bonds. The molecule has 0 aromatic carbocycles. The molecule has 2 rings (SSSR count). The van der Waals surface area contributed by atoms with Crippen molar-refractivity contribution in [3.63, 3.8) is 0 Å². The fourth-order valence-corrected chi connectivity index (χ4v) is 3.81. The smallest absolute Gasteiger partial charge is 0.169 e. The zero-order valence-corrected chi connectivity index (χ0v) is 12.1. The van der Waals surface area contributed by atoms with Crippen molar-refractivity contribution in [3.8, 4) is 0 Å². The summed E-state index contributed by atoms with van der Waals surface area (Å²) >= 11 is 4.95. The Morgan fingerprint density at radius 2 is 2.00 bits per heavy atom. The lowest BCUT2D eigenvalue weighted by Gasteiger charge is -2.24. The first-order valence-electron chi connectivity index (χ1n) is 6.09. The van der Waals surface area contributed by atoms with Crippen molar-refractivity contribution >= 4 is 33.0 Å². The molecule has 4 heteroatoms. The van der Waals surface area contributed by atoms with Crippen molar-refractivity contribution in [2.24, 2.45) is 0 Å². The van der Waals surface area contributed by atoms with Gasteiger partial charge < -0.3 is 5.11 Å². The van der Waals surface area contributed by atoms with Gasteiger partial charge in [0.15, 0.2) is 5.78 Å². The van der Waals surface area contributed by atoms with Crippen LogP contribution < -0.4 is 0 Å². The number of halogens is 1. The van der Waals surface area contributed by atoms with Gasteiger partial charge in [0.1, 0.15) is 5.60 Å². The Labute approximate surface area is 114 Å². The van der Waals surface area contributed by atoms with Crippen molar-refractivity contribution < 1.29 is 9.90 Å². The van der Waals surface area contributed by atoms with E-state index < -0.39 is 5.60 Å².